The summed E-state index contributed by atoms with van der Waals surface area (Å²) < 4.78 is 35.1. The number of anilines is 1. The van der Waals surface area contributed by atoms with Crippen LogP contribution in [0.3, 0.4) is 0 Å². The molecule has 10 heteroatoms. The molecule has 2 heterocycles. The Labute approximate surface area is 134 Å². The number of nitrogens with two attached hydrogens (primary N) is 1. The molecule has 1 fully saturated rings. The molecule has 0 saturated carbocycles. The number of ether oxygens (including phenoxy) is 2. The van der Waals surface area contributed by atoms with Gasteiger partial charge in [0.2, 0.25) is 0 Å². The van der Waals surface area contributed by atoms with E-state index in [4.69, 9.17) is 24.3 Å². The number of nitrogens with zero attached hydrogens (tertiary/aromatic N) is 2. The van der Waals surface area contributed by atoms with Crippen LogP contribution in [-0.2, 0) is 23.1 Å². The first-order valence-electron chi connectivity index (χ1n) is 7.47. The van der Waals surface area contributed by atoms with E-state index in [9.17, 15) is 9.36 Å². The van der Waals surface area contributed by atoms with Gasteiger partial charge in [0, 0.05) is 12.6 Å². The van der Waals surface area contributed by atoms with Crippen molar-refractivity contribution in [3.05, 3.63) is 22.7 Å². The minimum atomic E-state index is -3.28. The van der Waals surface area contributed by atoms with Gasteiger partial charge in [0.05, 0.1) is 13.2 Å². The number of nitrogen functional groups attached to an aromatic ring is 1. The second-order valence-electron chi connectivity index (χ2n) is 4.88. The Balaban J connectivity index is 1.92. The Morgan fingerprint density at radius 2 is 2.09 bits per heavy atom. The lowest BCUT2D eigenvalue weighted by molar-refractivity contribution is -0.142. The van der Waals surface area contributed by atoms with Gasteiger partial charge in [0.15, 0.2) is 12.6 Å². The molecule has 1 aromatic rings. The van der Waals surface area contributed by atoms with Crippen molar-refractivity contribution in [2.24, 2.45) is 0 Å². The molecule has 1 aliphatic rings. The summed E-state index contributed by atoms with van der Waals surface area (Å²) in [5.41, 5.74) is 4.98. The molecule has 0 bridgehead atoms. The maximum absolute atomic E-state index is 12.3. The maximum atomic E-state index is 12.3. The maximum Gasteiger partial charge on any atom is 0.356 e. The molecular weight excluding hydrogens is 325 g/mol. The van der Waals surface area contributed by atoms with E-state index in [2.05, 4.69) is 4.98 Å². The second kappa shape index (κ2) is 8.03. The van der Waals surface area contributed by atoms with Crippen molar-refractivity contribution in [3.8, 4) is 0 Å². The summed E-state index contributed by atoms with van der Waals surface area (Å²) >= 11 is 0. The third-order valence-corrected chi connectivity index (χ3v) is 4.96. The minimum absolute atomic E-state index is 0.159. The smallest absolute Gasteiger partial charge is 0.356 e. The minimum Gasteiger partial charge on any atom is -0.383 e. The predicted molar refractivity (Wildman–Crippen MR) is 82.9 cm³/mol. The fraction of sp³-hybridized carbons (Fsp3) is 0.692. The summed E-state index contributed by atoms with van der Waals surface area (Å²) in [5, 5.41) is 0. The highest BCUT2D eigenvalue weighted by molar-refractivity contribution is 7.53. The average Bonchev–Trinajstić information content (AvgIpc) is 2.94. The molecule has 0 spiro atoms. The Morgan fingerprint density at radius 1 is 1.39 bits per heavy atom. The fourth-order valence-electron chi connectivity index (χ4n) is 2.24. The summed E-state index contributed by atoms with van der Waals surface area (Å²) in [7, 11) is -3.28. The molecule has 2 rings (SSSR count). The second-order valence-corrected chi connectivity index (χ2v) is 6.88. The van der Waals surface area contributed by atoms with E-state index in [-0.39, 0.29) is 25.4 Å². The highest BCUT2D eigenvalue weighted by Crippen LogP contribution is 2.48. The lowest BCUT2D eigenvalue weighted by Gasteiger charge is -2.20. The third-order valence-electron chi connectivity index (χ3n) is 3.19. The average molecular weight is 347 g/mol. The third kappa shape index (κ3) is 4.86. The lowest BCUT2D eigenvalue weighted by atomic mass is 10.3. The molecule has 0 radical (unpaired) electrons. The van der Waals surface area contributed by atoms with E-state index in [1.807, 2.05) is 0 Å². The van der Waals surface area contributed by atoms with Gasteiger partial charge in [-0.05, 0) is 26.3 Å². The molecule has 23 heavy (non-hydrogen) atoms. The van der Waals surface area contributed by atoms with Crippen LogP contribution in [0.2, 0.25) is 0 Å². The van der Waals surface area contributed by atoms with Gasteiger partial charge in [-0.2, -0.15) is 4.98 Å². The van der Waals surface area contributed by atoms with Crippen molar-refractivity contribution in [3.63, 3.8) is 0 Å². The van der Waals surface area contributed by atoms with Crippen molar-refractivity contribution in [1.82, 2.24) is 9.55 Å². The number of rotatable bonds is 8. The first kappa shape index (κ1) is 18.1. The molecule has 2 atom stereocenters. The van der Waals surface area contributed by atoms with Crippen molar-refractivity contribution in [1.29, 1.82) is 0 Å². The quantitative estimate of drug-likeness (QED) is 0.707. The molecule has 1 aliphatic heterocycles. The van der Waals surface area contributed by atoms with Gasteiger partial charge >= 0.3 is 13.3 Å². The monoisotopic (exact) mass is 347 g/mol. The molecular formula is C13H22N3O6P. The van der Waals surface area contributed by atoms with Crippen LogP contribution in [0.4, 0.5) is 5.82 Å². The summed E-state index contributed by atoms with van der Waals surface area (Å²) in [5.74, 6) is 0.159. The van der Waals surface area contributed by atoms with Crippen LogP contribution in [0, 0.1) is 0 Å². The SMILES string of the molecule is CCOP(=O)(COC1CCC(n2ccc(N)nc2=O)O1)OCC. The Kier molecular flexibility index (Phi) is 6.32. The first-order valence-corrected chi connectivity index (χ1v) is 9.20. The zero-order valence-corrected chi connectivity index (χ0v) is 14.1. The molecule has 1 aromatic heterocycles. The van der Waals surface area contributed by atoms with Crippen LogP contribution in [-0.4, -0.2) is 35.4 Å². The van der Waals surface area contributed by atoms with Crippen LogP contribution >= 0.6 is 7.60 Å². The van der Waals surface area contributed by atoms with Crippen molar-refractivity contribution in [2.75, 3.05) is 25.3 Å². The number of aromatic nitrogens is 2. The molecule has 0 aromatic carbocycles. The van der Waals surface area contributed by atoms with E-state index < -0.39 is 25.8 Å². The molecule has 0 aliphatic carbocycles. The largest absolute Gasteiger partial charge is 0.383 e. The van der Waals surface area contributed by atoms with Gasteiger partial charge in [0.25, 0.3) is 0 Å². The summed E-state index contributed by atoms with van der Waals surface area (Å²) in [4.78, 5) is 15.4. The molecule has 1 saturated heterocycles. The lowest BCUT2D eigenvalue weighted by Crippen LogP contribution is -2.27. The number of hydrogen-bond acceptors (Lipinski definition) is 8. The molecule has 9 nitrogen and oxygen atoms in total. The van der Waals surface area contributed by atoms with Gasteiger partial charge in [-0.15, -0.1) is 0 Å². The van der Waals surface area contributed by atoms with E-state index >= 15 is 0 Å². The van der Waals surface area contributed by atoms with Crippen LogP contribution in [0.1, 0.15) is 32.9 Å². The van der Waals surface area contributed by atoms with Gasteiger partial charge in [-0.1, -0.05) is 0 Å². The molecule has 2 unspecified atom stereocenters. The normalized spacial score (nSPS) is 21.7. The van der Waals surface area contributed by atoms with Crippen LogP contribution < -0.4 is 11.4 Å². The molecule has 0 amide bonds. The summed E-state index contributed by atoms with van der Waals surface area (Å²) in [6.45, 7) is 3.99. The van der Waals surface area contributed by atoms with Gasteiger partial charge in [0.1, 0.15) is 12.0 Å². The summed E-state index contributed by atoms with van der Waals surface area (Å²) in [6, 6.07) is 1.53. The fourth-order valence-corrected chi connectivity index (χ4v) is 3.60. The van der Waals surface area contributed by atoms with Crippen LogP contribution in [0.25, 0.3) is 0 Å². The van der Waals surface area contributed by atoms with Crippen LogP contribution in [0.5, 0.6) is 0 Å². The zero-order valence-electron chi connectivity index (χ0n) is 13.2. The van der Waals surface area contributed by atoms with E-state index in [1.165, 1.54) is 16.8 Å². The topological polar surface area (TPSA) is 115 Å². The van der Waals surface area contributed by atoms with E-state index in [0.717, 1.165) is 0 Å². The highest BCUT2D eigenvalue weighted by Gasteiger charge is 2.32. The first-order chi connectivity index (χ1) is 11.0. The molecule has 2 N–H and O–H groups in total. The Hall–Kier alpha value is -1.25. The van der Waals surface area contributed by atoms with Crippen molar-refractivity contribution < 1.29 is 23.1 Å². The van der Waals surface area contributed by atoms with Gasteiger partial charge < -0.3 is 24.3 Å². The highest BCUT2D eigenvalue weighted by atomic mass is 31.2. The molecule has 130 valence electrons. The summed E-state index contributed by atoms with van der Waals surface area (Å²) in [6.07, 6.45) is 1.39. The van der Waals surface area contributed by atoms with Gasteiger partial charge in [-0.3, -0.25) is 9.13 Å². The zero-order chi connectivity index (χ0) is 16.9. The van der Waals surface area contributed by atoms with Crippen molar-refractivity contribution in [2.45, 2.75) is 39.2 Å². The van der Waals surface area contributed by atoms with E-state index in [0.29, 0.717) is 12.8 Å². The van der Waals surface area contributed by atoms with Crippen molar-refractivity contribution >= 4 is 13.4 Å². The standard InChI is InChI=1S/C13H22N3O6P/c1-3-20-23(18,21-4-2)9-19-12-6-5-11(22-12)16-8-7-10(14)15-13(16)17/h7-8,11-12H,3-6,9H2,1-2H3,(H2,14,15,17). The van der Waals surface area contributed by atoms with Gasteiger partial charge in [-0.25, -0.2) is 4.79 Å². The van der Waals surface area contributed by atoms with Crippen LogP contribution in [0.15, 0.2) is 17.1 Å². The van der Waals surface area contributed by atoms with E-state index in [1.54, 1.807) is 13.8 Å². The Morgan fingerprint density at radius 3 is 2.70 bits per heavy atom. The number of hydrogen-bond donors (Lipinski definition) is 1. The Bertz CT molecular complexity index is 612. The predicted octanol–water partition coefficient (Wildman–Crippen LogP) is 1.70.